The average molecular weight is 300 g/mol. The van der Waals surface area contributed by atoms with Gasteiger partial charge in [0.1, 0.15) is 0 Å². The molecular formula is C19H28N2O. The first-order chi connectivity index (χ1) is 10.7. The minimum atomic E-state index is 0.224. The number of piperidine rings is 1. The van der Waals surface area contributed by atoms with Crippen LogP contribution in [0.5, 0.6) is 0 Å². The lowest BCUT2D eigenvalue weighted by Crippen LogP contribution is -2.43. The molecule has 3 heteroatoms. The summed E-state index contributed by atoms with van der Waals surface area (Å²) in [7, 11) is 0. The lowest BCUT2D eigenvalue weighted by atomic mass is 9.90. The highest BCUT2D eigenvalue weighted by Gasteiger charge is 2.26. The lowest BCUT2D eigenvalue weighted by molar-refractivity contribution is -0.122. The minimum absolute atomic E-state index is 0.224. The summed E-state index contributed by atoms with van der Waals surface area (Å²) in [4.78, 5) is 14.3. The number of carbonyl (C=O) groups is 1. The van der Waals surface area contributed by atoms with E-state index in [4.69, 9.17) is 0 Å². The van der Waals surface area contributed by atoms with E-state index in [1.165, 1.54) is 49.7 Å². The number of amides is 1. The normalized spacial score (nSPS) is 22.5. The molecular weight excluding hydrogens is 272 g/mol. The van der Waals surface area contributed by atoms with Gasteiger partial charge in [-0.05, 0) is 69.0 Å². The molecule has 1 heterocycles. The van der Waals surface area contributed by atoms with E-state index in [1.807, 2.05) is 0 Å². The molecule has 3 nitrogen and oxygen atoms in total. The summed E-state index contributed by atoms with van der Waals surface area (Å²) < 4.78 is 0. The quantitative estimate of drug-likeness (QED) is 0.876. The number of hydrogen-bond acceptors (Lipinski definition) is 2. The van der Waals surface area contributed by atoms with Crippen molar-refractivity contribution in [2.24, 2.45) is 5.92 Å². The van der Waals surface area contributed by atoms with Crippen LogP contribution in [0.25, 0.3) is 0 Å². The van der Waals surface area contributed by atoms with Crippen LogP contribution >= 0.6 is 0 Å². The first-order valence-corrected chi connectivity index (χ1v) is 8.77. The molecule has 1 atom stereocenters. The van der Waals surface area contributed by atoms with Crippen LogP contribution < -0.4 is 5.32 Å². The Morgan fingerprint density at radius 1 is 1.27 bits per heavy atom. The van der Waals surface area contributed by atoms with Gasteiger partial charge >= 0.3 is 0 Å². The van der Waals surface area contributed by atoms with Crippen LogP contribution in [0.1, 0.15) is 43.2 Å². The highest BCUT2D eigenvalue weighted by molar-refractivity contribution is 5.78. The summed E-state index contributed by atoms with van der Waals surface area (Å²) in [6.07, 6.45) is 7.29. The Hall–Kier alpha value is -1.35. The second kappa shape index (κ2) is 7.28. The van der Waals surface area contributed by atoms with Crippen molar-refractivity contribution in [3.05, 3.63) is 35.4 Å². The molecule has 2 fully saturated rings. The number of aryl methyl sites for hydroxylation is 2. The molecule has 1 saturated carbocycles. The zero-order valence-corrected chi connectivity index (χ0v) is 13.7. The second-order valence-electron chi connectivity index (χ2n) is 7.05. The Balaban J connectivity index is 1.44. The van der Waals surface area contributed by atoms with Gasteiger partial charge in [-0.1, -0.05) is 24.3 Å². The highest BCUT2D eigenvalue weighted by atomic mass is 16.2. The Morgan fingerprint density at radius 3 is 2.86 bits per heavy atom. The second-order valence-corrected chi connectivity index (χ2v) is 7.05. The molecule has 1 aromatic carbocycles. The smallest absolute Gasteiger partial charge is 0.234 e. The van der Waals surface area contributed by atoms with Crippen LogP contribution in [0.4, 0.5) is 0 Å². The summed E-state index contributed by atoms with van der Waals surface area (Å²) in [5.41, 5.74) is 2.88. The Bertz CT molecular complexity index is 510. The van der Waals surface area contributed by atoms with Gasteiger partial charge in [0.25, 0.3) is 0 Å². The largest absolute Gasteiger partial charge is 0.352 e. The zero-order valence-electron chi connectivity index (χ0n) is 13.7. The molecule has 0 spiro atoms. The number of nitrogens with zero attached hydrogens (tertiary/aromatic N) is 1. The summed E-state index contributed by atoms with van der Waals surface area (Å²) in [5, 5.41) is 3.10. The standard InChI is InChI=1S/C19H28N2O/c1-15-5-2-3-7-17(15)9-8-16-6-4-12-21(13-16)14-19(22)20-18-10-11-18/h2-3,5,7,16,18H,4,6,8-14H2,1H3,(H,20,22)/t16-/m0/s1. The Labute approximate surface area is 134 Å². The SMILES string of the molecule is Cc1ccccc1CC[C@@H]1CCCN(CC(=O)NC2CC2)C1. The molecule has 1 aliphatic carbocycles. The van der Waals surface area contributed by atoms with Crippen LogP contribution in [0.15, 0.2) is 24.3 Å². The third-order valence-corrected chi connectivity index (χ3v) is 5.00. The van der Waals surface area contributed by atoms with E-state index in [0.717, 1.165) is 19.0 Å². The van der Waals surface area contributed by atoms with E-state index in [0.29, 0.717) is 12.6 Å². The van der Waals surface area contributed by atoms with Gasteiger partial charge in [-0.25, -0.2) is 0 Å². The van der Waals surface area contributed by atoms with Crippen LogP contribution in [0, 0.1) is 12.8 Å². The van der Waals surface area contributed by atoms with Crippen molar-refractivity contribution in [3.8, 4) is 0 Å². The molecule has 1 amide bonds. The average Bonchev–Trinajstić information content (AvgIpc) is 3.30. The fraction of sp³-hybridized carbons (Fsp3) is 0.632. The van der Waals surface area contributed by atoms with Crippen molar-refractivity contribution >= 4 is 5.91 Å². The molecule has 0 bridgehead atoms. The van der Waals surface area contributed by atoms with Gasteiger partial charge in [0, 0.05) is 12.6 Å². The third kappa shape index (κ3) is 4.57. The summed E-state index contributed by atoms with van der Waals surface area (Å²) in [6.45, 7) is 4.96. The van der Waals surface area contributed by atoms with Gasteiger partial charge in [0.15, 0.2) is 0 Å². The van der Waals surface area contributed by atoms with Crippen molar-refractivity contribution in [2.45, 2.75) is 51.5 Å². The van der Waals surface area contributed by atoms with E-state index in [9.17, 15) is 4.79 Å². The van der Waals surface area contributed by atoms with Crippen molar-refractivity contribution in [1.29, 1.82) is 0 Å². The number of nitrogens with one attached hydrogen (secondary N) is 1. The number of benzene rings is 1. The summed E-state index contributed by atoms with van der Waals surface area (Å²) in [5.74, 6) is 0.962. The zero-order chi connectivity index (χ0) is 15.4. The summed E-state index contributed by atoms with van der Waals surface area (Å²) >= 11 is 0. The van der Waals surface area contributed by atoms with Crippen molar-refractivity contribution in [3.63, 3.8) is 0 Å². The highest BCUT2D eigenvalue weighted by Crippen LogP contribution is 2.23. The lowest BCUT2D eigenvalue weighted by Gasteiger charge is -2.32. The maximum absolute atomic E-state index is 11.9. The molecule has 0 radical (unpaired) electrons. The van der Waals surface area contributed by atoms with E-state index in [-0.39, 0.29) is 5.91 Å². The molecule has 1 aliphatic heterocycles. The van der Waals surface area contributed by atoms with Crippen LogP contribution in [-0.2, 0) is 11.2 Å². The first kappa shape index (κ1) is 15.5. The molecule has 0 unspecified atom stereocenters. The molecule has 3 rings (SSSR count). The van der Waals surface area contributed by atoms with Gasteiger partial charge in [-0.2, -0.15) is 0 Å². The minimum Gasteiger partial charge on any atom is -0.352 e. The predicted molar refractivity (Wildman–Crippen MR) is 89.8 cm³/mol. The van der Waals surface area contributed by atoms with Gasteiger partial charge < -0.3 is 5.32 Å². The summed E-state index contributed by atoms with van der Waals surface area (Å²) in [6, 6.07) is 9.18. The molecule has 0 aromatic heterocycles. The van der Waals surface area contributed by atoms with Gasteiger partial charge in [0.05, 0.1) is 6.54 Å². The van der Waals surface area contributed by atoms with E-state index in [1.54, 1.807) is 0 Å². The molecule has 2 aliphatic rings. The van der Waals surface area contributed by atoms with Crippen molar-refractivity contribution in [2.75, 3.05) is 19.6 Å². The molecule has 120 valence electrons. The van der Waals surface area contributed by atoms with Gasteiger partial charge in [0.2, 0.25) is 5.91 Å². The fourth-order valence-corrected chi connectivity index (χ4v) is 3.48. The number of carbonyl (C=O) groups excluding carboxylic acids is 1. The van der Waals surface area contributed by atoms with E-state index >= 15 is 0 Å². The first-order valence-electron chi connectivity index (χ1n) is 8.77. The maximum atomic E-state index is 11.9. The fourth-order valence-electron chi connectivity index (χ4n) is 3.48. The molecule has 22 heavy (non-hydrogen) atoms. The van der Waals surface area contributed by atoms with Crippen molar-refractivity contribution in [1.82, 2.24) is 10.2 Å². The maximum Gasteiger partial charge on any atom is 0.234 e. The van der Waals surface area contributed by atoms with Crippen LogP contribution in [0.3, 0.4) is 0 Å². The molecule has 1 aromatic rings. The molecule has 1 N–H and O–H groups in total. The topological polar surface area (TPSA) is 32.3 Å². The number of hydrogen-bond donors (Lipinski definition) is 1. The van der Waals surface area contributed by atoms with Gasteiger partial charge in [-0.15, -0.1) is 0 Å². The number of rotatable bonds is 6. The predicted octanol–water partition coefficient (Wildman–Crippen LogP) is 2.92. The number of likely N-dealkylation sites (tertiary alicyclic amines) is 1. The van der Waals surface area contributed by atoms with Gasteiger partial charge in [-0.3, -0.25) is 9.69 Å². The Kier molecular flexibility index (Phi) is 5.14. The van der Waals surface area contributed by atoms with Crippen molar-refractivity contribution < 1.29 is 4.79 Å². The molecule has 1 saturated heterocycles. The monoisotopic (exact) mass is 300 g/mol. The van der Waals surface area contributed by atoms with Crippen LogP contribution in [-0.4, -0.2) is 36.5 Å². The van der Waals surface area contributed by atoms with Crippen LogP contribution in [0.2, 0.25) is 0 Å². The van der Waals surface area contributed by atoms with E-state index < -0.39 is 0 Å². The third-order valence-electron chi connectivity index (χ3n) is 5.00. The van der Waals surface area contributed by atoms with E-state index in [2.05, 4.69) is 41.4 Å². The Morgan fingerprint density at radius 2 is 2.09 bits per heavy atom.